The first-order valence-electron chi connectivity index (χ1n) is 11.3. The third-order valence-electron chi connectivity index (χ3n) is 5.68. The molecule has 0 spiro atoms. The lowest BCUT2D eigenvalue weighted by molar-refractivity contribution is 0.102. The van der Waals surface area contributed by atoms with Crippen LogP contribution in [0, 0.1) is 5.82 Å². The van der Waals surface area contributed by atoms with Gasteiger partial charge in [-0.25, -0.2) is 8.96 Å². The molecule has 5 N–H and O–H groups in total. The van der Waals surface area contributed by atoms with E-state index in [0.717, 1.165) is 27.8 Å². The van der Waals surface area contributed by atoms with E-state index in [-0.39, 0.29) is 12.2 Å². The van der Waals surface area contributed by atoms with Gasteiger partial charge in [0.25, 0.3) is 0 Å². The summed E-state index contributed by atoms with van der Waals surface area (Å²) in [5, 5.41) is 13.7. The number of hydrogen-bond donors (Lipinski definition) is 4. The average molecular weight is 517 g/mol. The number of nitrogens with two attached hydrogens (primary N) is 1. The standard InChI is InChI=1S/C26H30FN2O6P/c1-19(29-34-16-21-4-8-23(9-5-21)24-10-12-25(27)13-11-24)22-6-2-20(3-7-22)14-15-26(28,17-30)18-35-36(31,32)33/h2-13,30H,14-18,28H2,1H3,(H2,31,32,33). The largest absolute Gasteiger partial charge is 0.469 e. The molecular weight excluding hydrogens is 486 g/mol. The zero-order valence-electron chi connectivity index (χ0n) is 19.9. The fraction of sp³-hybridized carbons (Fsp3) is 0.269. The Morgan fingerprint density at radius 3 is 2.08 bits per heavy atom. The quantitative estimate of drug-likeness (QED) is 0.161. The molecule has 0 amide bonds. The van der Waals surface area contributed by atoms with Crippen molar-refractivity contribution in [1.29, 1.82) is 0 Å². The van der Waals surface area contributed by atoms with E-state index in [0.29, 0.717) is 18.7 Å². The van der Waals surface area contributed by atoms with Crippen LogP contribution in [0.2, 0.25) is 0 Å². The van der Waals surface area contributed by atoms with Crippen LogP contribution in [0.3, 0.4) is 0 Å². The van der Waals surface area contributed by atoms with Crippen LogP contribution in [0.4, 0.5) is 4.39 Å². The van der Waals surface area contributed by atoms with Crippen molar-refractivity contribution in [2.24, 2.45) is 10.9 Å². The number of phosphoric acid groups is 1. The number of oxime groups is 1. The summed E-state index contributed by atoms with van der Waals surface area (Å²) >= 11 is 0. The summed E-state index contributed by atoms with van der Waals surface area (Å²) in [4.78, 5) is 23.2. The van der Waals surface area contributed by atoms with Gasteiger partial charge >= 0.3 is 7.82 Å². The number of benzene rings is 3. The monoisotopic (exact) mass is 516 g/mol. The molecule has 8 nitrogen and oxygen atoms in total. The van der Waals surface area contributed by atoms with Crippen LogP contribution in [-0.2, 0) is 27.0 Å². The molecule has 0 radical (unpaired) electrons. The summed E-state index contributed by atoms with van der Waals surface area (Å²) in [6, 6.07) is 21.7. The second-order valence-corrected chi connectivity index (χ2v) is 9.87. The van der Waals surface area contributed by atoms with E-state index in [1.807, 2.05) is 55.5 Å². The highest BCUT2D eigenvalue weighted by molar-refractivity contribution is 7.46. The van der Waals surface area contributed by atoms with Gasteiger partial charge in [0.2, 0.25) is 0 Å². The van der Waals surface area contributed by atoms with E-state index in [9.17, 15) is 14.1 Å². The minimum absolute atomic E-state index is 0.267. The molecule has 0 aliphatic carbocycles. The van der Waals surface area contributed by atoms with Gasteiger partial charge in [-0.2, -0.15) is 0 Å². The predicted molar refractivity (Wildman–Crippen MR) is 136 cm³/mol. The molecule has 36 heavy (non-hydrogen) atoms. The summed E-state index contributed by atoms with van der Waals surface area (Å²) in [5.41, 5.74) is 10.1. The molecule has 0 aromatic heterocycles. The maximum atomic E-state index is 13.1. The maximum absolute atomic E-state index is 13.1. The average Bonchev–Trinajstić information content (AvgIpc) is 2.87. The lowest BCUT2D eigenvalue weighted by Crippen LogP contribution is -2.48. The Balaban J connectivity index is 1.50. The molecule has 1 atom stereocenters. The van der Waals surface area contributed by atoms with Gasteiger partial charge in [0.15, 0.2) is 0 Å². The molecule has 0 saturated carbocycles. The Morgan fingerprint density at radius 1 is 0.972 bits per heavy atom. The smallest absolute Gasteiger partial charge is 0.394 e. The summed E-state index contributed by atoms with van der Waals surface area (Å²) in [6.07, 6.45) is 0.765. The van der Waals surface area contributed by atoms with Crippen molar-refractivity contribution in [2.75, 3.05) is 13.2 Å². The molecule has 192 valence electrons. The Kier molecular flexibility index (Phi) is 9.50. The van der Waals surface area contributed by atoms with Gasteiger partial charge in [0, 0.05) is 0 Å². The number of aryl methyl sites for hydroxylation is 1. The molecule has 0 bridgehead atoms. The second kappa shape index (κ2) is 12.4. The molecule has 0 fully saturated rings. The molecule has 3 aromatic rings. The van der Waals surface area contributed by atoms with Gasteiger partial charge in [0.1, 0.15) is 12.4 Å². The van der Waals surface area contributed by atoms with Gasteiger partial charge in [-0.05, 0) is 59.7 Å². The van der Waals surface area contributed by atoms with Crippen molar-refractivity contribution in [3.63, 3.8) is 0 Å². The second-order valence-electron chi connectivity index (χ2n) is 8.64. The molecule has 0 saturated heterocycles. The van der Waals surface area contributed by atoms with Crippen LogP contribution in [0.15, 0.2) is 78.0 Å². The molecular formula is C26H30FN2O6P. The molecule has 3 rings (SSSR count). The summed E-state index contributed by atoms with van der Waals surface area (Å²) < 4.78 is 28.5. The number of halogens is 1. The van der Waals surface area contributed by atoms with Crippen LogP contribution < -0.4 is 5.73 Å². The SMILES string of the molecule is CC(=NOCc1ccc(-c2ccc(F)cc2)cc1)c1ccc(CCC(N)(CO)COP(=O)(O)O)cc1. The molecule has 3 aromatic carbocycles. The fourth-order valence-corrected chi connectivity index (χ4v) is 3.83. The Morgan fingerprint density at radius 2 is 1.53 bits per heavy atom. The van der Waals surface area contributed by atoms with Crippen LogP contribution in [0.1, 0.15) is 30.0 Å². The fourth-order valence-electron chi connectivity index (χ4n) is 3.41. The maximum Gasteiger partial charge on any atom is 0.469 e. The number of aliphatic hydroxyl groups is 1. The van der Waals surface area contributed by atoms with E-state index in [4.69, 9.17) is 20.4 Å². The minimum Gasteiger partial charge on any atom is -0.394 e. The van der Waals surface area contributed by atoms with Crippen molar-refractivity contribution < 1.29 is 33.2 Å². The molecule has 0 aliphatic rings. The van der Waals surface area contributed by atoms with Gasteiger partial charge in [-0.1, -0.05) is 65.8 Å². The summed E-state index contributed by atoms with van der Waals surface area (Å²) in [5.74, 6) is -0.267. The zero-order chi connectivity index (χ0) is 26.2. The van der Waals surface area contributed by atoms with E-state index >= 15 is 0 Å². The number of aliphatic hydroxyl groups excluding tert-OH is 1. The Bertz CT molecular complexity index is 1200. The van der Waals surface area contributed by atoms with Gasteiger partial charge in [0.05, 0.1) is 24.5 Å². The predicted octanol–water partition coefficient (Wildman–Crippen LogP) is 4.17. The first kappa shape index (κ1) is 27.7. The highest BCUT2D eigenvalue weighted by Gasteiger charge is 2.28. The van der Waals surface area contributed by atoms with E-state index in [2.05, 4.69) is 9.68 Å². The van der Waals surface area contributed by atoms with Crippen LogP contribution in [0.5, 0.6) is 0 Å². The third kappa shape index (κ3) is 8.64. The highest BCUT2D eigenvalue weighted by atomic mass is 31.2. The lowest BCUT2D eigenvalue weighted by atomic mass is 9.93. The molecule has 10 heteroatoms. The van der Waals surface area contributed by atoms with Gasteiger partial charge in [-0.15, -0.1) is 0 Å². The number of nitrogens with zero attached hydrogens (tertiary/aromatic N) is 1. The van der Waals surface area contributed by atoms with Gasteiger partial charge < -0.3 is 25.5 Å². The van der Waals surface area contributed by atoms with E-state index < -0.39 is 26.6 Å². The van der Waals surface area contributed by atoms with Crippen molar-refractivity contribution in [3.8, 4) is 11.1 Å². The van der Waals surface area contributed by atoms with Crippen LogP contribution in [-0.4, -0.2) is 39.4 Å². The zero-order valence-corrected chi connectivity index (χ0v) is 20.8. The molecule has 1 unspecified atom stereocenters. The van der Waals surface area contributed by atoms with E-state index in [1.165, 1.54) is 12.1 Å². The van der Waals surface area contributed by atoms with Crippen molar-refractivity contribution in [3.05, 3.63) is 95.3 Å². The third-order valence-corrected chi connectivity index (χ3v) is 6.15. The number of rotatable bonds is 12. The number of phosphoric ester groups is 1. The lowest BCUT2D eigenvalue weighted by Gasteiger charge is -2.27. The van der Waals surface area contributed by atoms with Crippen LogP contribution >= 0.6 is 7.82 Å². The Labute approximate surface area is 209 Å². The normalized spacial score (nSPS) is 13.9. The van der Waals surface area contributed by atoms with Crippen molar-refractivity contribution in [2.45, 2.75) is 31.9 Å². The summed E-state index contributed by atoms with van der Waals surface area (Å²) in [6.45, 7) is 1.21. The van der Waals surface area contributed by atoms with Gasteiger partial charge in [-0.3, -0.25) is 4.52 Å². The molecule has 0 aliphatic heterocycles. The first-order chi connectivity index (χ1) is 17.1. The van der Waals surface area contributed by atoms with Crippen molar-refractivity contribution in [1.82, 2.24) is 0 Å². The Hall–Kier alpha value is -2.91. The number of hydrogen-bond acceptors (Lipinski definition) is 6. The van der Waals surface area contributed by atoms with E-state index in [1.54, 1.807) is 12.1 Å². The first-order valence-corrected chi connectivity index (χ1v) is 12.8. The summed E-state index contributed by atoms with van der Waals surface area (Å²) in [7, 11) is -4.66. The van der Waals surface area contributed by atoms with Crippen molar-refractivity contribution >= 4 is 13.5 Å². The minimum atomic E-state index is -4.66. The van der Waals surface area contributed by atoms with Crippen LogP contribution in [0.25, 0.3) is 11.1 Å². The highest BCUT2D eigenvalue weighted by Crippen LogP contribution is 2.36. The molecule has 0 heterocycles. The topological polar surface area (TPSA) is 135 Å².